The van der Waals surface area contributed by atoms with E-state index in [0.29, 0.717) is 0 Å². The van der Waals surface area contributed by atoms with Gasteiger partial charge in [-0.05, 0) is 12.3 Å². The number of nitrogens with zero attached hydrogens (tertiary/aromatic N) is 1. The Labute approximate surface area is 48.7 Å². The summed E-state index contributed by atoms with van der Waals surface area (Å²) in [5, 5.41) is 3.15. The molecule has 42 valence electrons. The van der Waals surface area contributed by atoms with Gasteiger partial charge in [0.25, 0.3) is 6.17 Å². The molecule has 1 aliphatic carbocycles. The number of rotatable bonds is 0. The van der Waals surface area contributed by atoms with Gasteiger partial charge < -0.3 is 0 Å². The molecule has 0 unspecified atom stereocenters. The third-order valence-corrected chi connectivity index (χ3v) is 2.11. The van der Waals surface area contributed by atoms with Crippen molar-refractivity contribution in [2.45, 2.75) is 12.6 Å². The molecule has 3 atom stereocenters. The van der Waals surface area contributed by atoms with Gasteiger partial charge in [0.2, 0.25) is 0 Å². The van der Waals surface area contributed by atoms with E-state index in [1.54, 1.807) is 0 Å². The molecule has 0 amide bonds. The lowest BCUT2D eigenvalue weighted by Crippen LogP contribution is -2.21. The van der Waals surface area contributed by atoms with Crippen molar-refractivity contribution in [3.05, 3.63) is 11.4 Å². The largest absolute Gasteiger partial charge is 0.296 e. The first-order valence-electron chi connectivity index (χ1n) is 3.02. The lowest BCUT2D eigenvalue weighted by atomic mass is 10.3. The van der Waals surface area contributed by atoms with Crippen LogP contribution in [0, 0.1) is 18.4 Å². The van der Waals surface area contributed by atoms with Crippen LogP contribution in [0.4, 0.5) is 0 Å². The van der Waals surface area contributed by atoms with Crippen LogP contribution in [0.3, 0.4) is 0 Å². The second kappa shape index (κ2) is 1.24. The van der Waals surface area contributed by atoms with Crippen molar-refractivity contribution in [1.82, 2.24) is 5.32 Å². The fraction of sp³-hybridized carbons (Fsp3) is 0.833. The number of fused-ring (bicyclic) bond motifs is 1. The van der Waals surface area contributed by atoms with Crippen LogP contribution in [0.15, 0.2) is 0 Å². The van der Waals surface area contributed by atoms with E-state index >= 15 is 0 Å². The van der Waals surface area contributed by atoms with Crippen molar-refractivity contribution in [2.75, 3.05) is 6.54 Å². The topological polar surface area (TPSA) is 16.4 Å². The molecule has 1 aliphatic heterocycles. The first kappa shape index (κ1) is 4.34. The van der Waals surface area contributed by atoms with Crippen LogP contribution < -0.4 is 5.32 Å². The molecule has 8 heavy (non-hydrogen) atoms. The normalized spacial score (nSPS) is 50.1. The van der Waals surface area contributed by atoms with Crippen LogP contribution in [-0.2, 0) is 0 Å². The lowest BCUT2D eigenvalue weighted by molar-refractivity contribution is 0.626. The van der Waals surface area contributed by atoms with Crippen LogP contribution in [0.1, 0.15) is 6.42 Å². The molecule has 1 N–H and O–H groups in total. The van der Waals surface area contributed by atoms with Crippen LogP contribution >= 0.6 is 0 Å². The fourth-order valence-electron chi connectivity index (χ4n) is 1.46. The van der Waals surface area contributed by atoms with E-state index < -0.39 is 0 Å². The summed E-state index contributed by atoms with van der Waals surface area (Å²) in [5.41, 5.74) is 0. The predicted octanol–water partition coefficient (Wildman–Crippen LogP) is 0.471. The Morgan fingerprint density at radius 2 is 2.50 bits per heavy atom. The molecule has 0 aromatic carbocycles. The highest BCUT2D eigenvalue weighted by Gasteiger charge is 2.52. The van der Waals surface area contributed by atoms with Gasteiger partial charge in [0.05, 0.1) is 5.92 Å². The lowest BCUT2D eigenvalue weighted by Gasteiger charge is -1.95. The minimum absolute atomic E-state index is 0.181. The monoisotopic (exact) mass is 108 g/mol. The number of hydrogen-bond donors (Lipinski definition) is 1. The second-order valence-corrected chi connectivity index (χ2v) is 2.64. The Balaban J connectivity index is 2.09. The minimum atomic E-state index is 0.181. The molecule has 2 heteroatoms. The van der Waals surface area contributed by atoms with Crippen molar-refractivity contribution < 1.29 is 0 Å². The highest BCUT2D eigenvalue weighted by atomic mass is 15.1. The molecule has 1 saturated carbocycles. The predicted molar refractivity (Wildman–Crippen MR) is 30.0 cm³/mol. The number of piperidine rings is 1. The maximum Gasteiger partial charge on any atom is 0.280 e. The quantitative estimate of drug-likeness (QED) is 0.446. The standard InChI is InChI=1S/C6H8N2/c1-7-6-5-2-4(5)3-8-6/h4-6,8H,2-3H2/t4-,5-,6+/m0/s1. The van der Waals surface area contributed by atoms with Crippen molar-refractivity contribution >= 4 is 0 Å². The van der Waals surface area contributed by atoms with Gasteiger partial charge in [-0.15, -0.1) is 0 Å². The molecular weight excluding hydrogens is 100 g/mol. The molecule has 0 aromatic rings. The van der Waals surface area contributed by atoms with E-state index in [4.69, 9.17) is 6.57 Å². The van der Waals surface area contributed by atoms with Gasteiger partial charge in [0.15, 0.2) is 0 Å². The average Bonchev–Trinajstić information content (AvgIpc) is 2.46. The summed E-state index contributed by atoms with van der Waals surface area (Å²) < 4.78 is 0. The van der Waals surface area contributed by atoms with Crippen LogP contribution in [-0.4, -0.2) is 12.7 Å². The smallest absolute Gasteiger partial charge is 0.280 e. The maximum atomic E-state index is 6.72. The van der Waals surface area contributed by atoms with Crippen LogP contribution in [0.2, 0.25) is 0 Å². The van der Waals surface area contributed by atoms with Gasteiger partial charge in [-0.1, -0.05) is 0 Å². The molecule has 2 fully saturated rings. The SMILES string of the molecule is [C-]#[N+][C@@H]1NC[C@@H]2C[C@@H]21. The highest BCUT2D eigenvalue weighted by Crippen LogP contribution is 2.45. The average molecular weight is 108 g/mol. The van der Waals surface area contributed by atoms with E-state index in [2.05, 4.69) is 10.2 Å². The molecule has 0 spiro atoms. The van der Waals surface area contributed by atoms with Gasteiger partial charge in [-0.3, -0.25) is 4.85 Å². The summed E-state index contributed by atoms with van der Waals surface area (Å²) in [7, 11) is 0. The van der Waals surface area contributed by atoms with Crippen molar-refractivity contribution in [2.24, 2.45) is 11.8 Å². The zero-order chi connectivity index (χ0) is 5.56. The number of nitrogens with one attached hydrogen (secondary N) is 1. The van der Waals surface area contributed by atoms with Gasteiger partial charge in [-0.2, -0.15) is 0 Å². The minimum Gasteiger partial charge on any atom is -0.296 e. The van der Waals surface area contributed by atoms with E-state index in [1.807, 2.05) is 0 Å². The molecule has 2 aliphatic rings. The van der Waals surface area contributed by atoms with E-state index in [-0.39, 0.29) is 6.17 Å². The van der Waals surface area contributed by atoms with Gasteiger partial charge in [0, 0.05) is 6.54 Å². The Morgan fingerprint density at radius 1 is 1.62 bits per heavy atom. The zero-order valence-electron chi connectivity index (χ0n) is 4.59. The first-order valence-corrected chi connectivity index (χ1v) is 3.02. The van der Waals surface area contributed by atoms with E-state index in [9.17, 15) is 0 Å². The van der Waals surface area contributed by atoms with Crippen LogP contribution in [0.25, 0.3) is 4.85 Å². The van der Waals surface area contributed by atoms with E-state index in [0.717, 1.165) is 18.4 Å². The molecule has 1 saturated heterocycles. The fourth-order valence-corrected chi connectivity index (χ4v) is 1.46. The van der Waals surface area contributed by atoms with Gasteiger partial charge in [-0.25, -0.2) is 11.9 Å². The summed E-state index contributed by atoms with van der Waals surface area (Å²) in [6.45, 7) is 7.81. The molecule has 2 rings (SSSR count). The summed E-state index contributed by atoms with van der Waals surface area (Å²) in [6.07, 6.45) is 1.49. The molecular formula is C6H8N2. The molecule has 0 aromatic heterocycles. The third-order valence-electron chi connectivity index (χ3n) is 2.11. The van der Waals surface area contributed by atoms with Crippen molar-refractivity contribution in [1.29, 1.82) is 0 Å². The zero-order valence-corrected chi connectivity index (χ0v) is 4.59. The summed E-state index contributed by atoms with van der Waals surface area (Å²) in [4.78, 5) is 3.45. The van der Waals surface area contributed by atoms with Crippen molar-refractivity contribution in [3.63, 3.8) is 0 Å². The Morgan fingerprint density at radius 3 is 2.75 bits per heavy atom. The summed E-state index contributed by atoms with van der Waals surface area (Å²) >= 11 is 0. The summed E-state index contributed by atoms with van der Waals surface area (Å²) in [5.74, 6) is 1.60. The maximum absolute atomic E-state index is 6.72. The Bertz CT molecular complexity index is 147. The number of hydrogen-bond acceptors (Lipinski definition) is 1. The molecule has 2 nitrogen and oxygen atoms in total. The van der Waals surface area contributed by atoms with Crippen LogP contribution in [0.5, 0.6) is 0 Å². The Hall–Kier alpha value is -0.550. The summed E-state index contributed by atoms with van der Waals surface area (Å²) in [6, 6.07) is 0. The van der Waals surface area contributed by atoms with Crippen molar-refractivity contribution in [3.8, 4) is 0 Å². The first-order chi connectivity index (χ1) is 3.92. The molecule has 1 heterocycles. The second-order valence-electron chi connectivity index (χ2n) is 2.64. The third kappa shape index (κ3) is 0.399. The molecule has 0 radical (unpaired) electrons. The van der Waals surface area contributed by atoms with E-state index in [1.165, 1.54) is 6.42 Å². The van der Waals surface area contributed by atoms with Gasteiger partial charge >= 0.3 is 0 Å². The molecule has 0 bridgehead atoms. The van der Waals surface area contributed by atoms with Gasteiger partial charge in [0.1, 0.15) is 0 Å². The Kier molecular flexibility index (Phi) is 0.671. The highest BCUT2D eigenvalue weighted by molar-refractivity contribution is 5.05.